The van der Waals surface area contributed by atoms with Gasteiger partial charge in [-0.1, -0.05) is 54.6 Å². The standard InChI is InChI=1S/C21H24N2O/c1-22-20-15-23(12-11-19(20)13-21(22)24)14-16-7-9-18(10-8-16)17-5-3-2-4-6-17/h2-10,19-20H,11-15H2,1H3/t19-,20-/m1/s1. The predicted octanol–water partition coefficient (Wildman–Crippen LogP) is 3.41. The molecule has 124 valence electrons. The lowest BCUT2D eigenvalue weighted by atomic mass is 9.92. The summed E-state index contributed by atoms with van der Waals surface area (Å²) in [4.78, 5) is 16.3. The molecule has 0 saturated carbocycles. The summed E-state index contributed by atoms with van der Waals surface area (Å²) in [6.07, 6.45) is 1.89. The van der Waals surface area contributed by atoms with Crippen molar-refractivity contribution in [1.82, 2.24) is 9.80 Å². The molecule has 2 aliphatic rings. The van der Waals surface area contributed by atoms with Crippen molar-refractivity contribution < 1.29 is 4.79 Å². The van der Waals surface area contributed by atoms with Gasteiger partial charge in [0.1, 0.15) is 0 Å². The van der Waals surface area contributed by atoms with Gasteiger partial charge in [-0.3, -0.25) is 9.69 Å². The van der Waals surface area contributed by atoms with E-state index in [2.05, 4.69) is 53.4 Å². The Kier molecular flexibility index (Phi) is 4.11. The zero-order valence-corrected chi connectivity index (χ0v) is 14.2. The molecule has 2 aliphatic heterocycles. The number of benzene rings is 2. The van der Waals surface area contributed by atoms with Crippen LogP contribution >= 0.6 is 0 Å². The molecule has 2 aromatic rings. The van der Waals surface area contributed by atoms with Gasteiger partial charge in [-0.05, 0) is 35.6 Å². The van der Waals surface area contributed by atoms with E-state index in [1.54, 1.807) is 0 Å². The Morgan fingerprint density at radius 1 is 1.00 bits per heavy atom. The summed E-state index contributed by atoms with van der Waals surface area (Å²) in [7, 11) is 1.96. The Labute approximate surface area is 143 Å². The maximum Gasteiger partial charge on any atom is 0.222 e. The van der Waals surface area contributed by atoms with Gasteiger partial charge in [0, 0.05) is 32.6 Å². The molecule has 1 amide bonds. The van der Waals surface area contributed by atoms with Crippen molar-refractivity contribution in [2.24, 2.45) is 5.92 Å². The van der Waals surface area contributed by atoms with Crippen LogP contribution in [0.1, 0.15) is 18.4 Å². The van der Waals surface area contributed by atoms with Gasteiger partial charge in [0.15, 0.2) is 0 Å². The van der Waals surface area contributed by atoms with Crippen molar-refractivity contribution in [1.29, 1.82) is 0 Å². The smallest absolute Gasteiger partial charge is 0.222 e. The van der Waals surface area contributed by atoms with Gasteiger partial charge in [0.2, 0.25) is 5.91 Å². The molecule has 0 bridgehead atoms. The zero-order chi connectivity index (χ0) is 16.5. The number of hydrogen-bond donors (Lipinski definition) is 0. The summed E-state index contributed by atoms with van der Waals surface area (Å²) in [5.74, 6) is 0.887. The highest BCUT2D eigenvalue weighted by Crippen LogP contribution is 2.32. The number of likely N-dealkylation sites (tertiary alicyclic amines) is 2. The Bertz CT molecular complexity index is 710. The highest BCUT2D eigenvalue weighted by atomic mass is 16.2. The fraction of sp³-hybridized carbons (Fsp3) is 0.381. The minimum atomic E-state index is 0.319. The number of fused-ring (bicyclic) bond motifs is 1. The lowest BCUT2D eigenvalue weighted by molar-refractivity contribution is -0.127. The summed E-state index contributed by atoms with van der Waals surface area (Å²) >= 11 is 0. The van der Waals surface area contributed by atoms with Gasteiger partial charge in [-0.25, -0.2) is 0 Å². The Morgan fingerprint density at radius 2 is 1.71 bits per heavy atom. The Hall–Kier alpha value is -2.13. The summed E-state index contributed by atoms with van der Waals surface area (Å²) in [6.45, 7) is 3.08. The molecule has 3 nitrogen and oxygen atoms in total. The van der Waals surface area contributed by atoms with Crippen LogP contribution in [0, 0.1) is 5.92 Å². The van der Waals surface area contributed by atoms with Crippen LogP contribution in [0.15, 0.2) is 54.6 Å². The fourth-order valence-corrected chi connectivity index (χ4v) is 4.11. The number of nitrogens with zero attached hydrogens (tertiary/aromatic N) is 2. The van der Waals surface area contributed by atoms with E-state index < -0.39 is 0 Å². The number of amides is 1. The molecule has 2 aromatic carbocycles. The second-order valence-electron chi connectivity index (χ2n) is 7.12. The molecule has 3 heteroatoms. The second-order valence-corrected chi connectivity index (χ2v) is 7.12. The van der Waals surface area contributed by atoms with Gasteiger partial charge >= 0.3 is 0 Å². The van der Waals surface area contributed by atoms with Gasteiger partial charge in [0.25, 0.3) is 0 Å². The third kappa shape index (κ3) is 2.96. The van der Waals surface area contributed by atoms with Crippen LogP contribution in [-0.2, 0) is 11.3 Å². The maximum absolute atomic E-state index is 11.9. The van der Waals surface area contributed by atoms with E-state index in [0.717, 1.165) is 32.5 Å². The van der Waals surface area contributed by atoms with Crippen LogP contribution in [-0.4, -0.2) is 41.9 Å². The van der Waals surface area contributed by atoms with Gasteiger partial charge in [-0.2, -0.15) is 0 Å². The molecule has 24 heavy (non-hydrogen) atoms. The van der Waals surface area contributed by atoms with Gasteiger partial charge in [-0.15, -0.1) is 0 Å². The molecule has 0 spiro atoms. The van der Waals surface area contributed by atoms with E-state index in [4.69, 9.17) is 0 Å². The van der Waals surface area contributed by atoms with Gasteiger partial charge < -0.3 is 4.90 Å². The molecule has 0 N–H and O–H groups in total. The third-order valence-electron chi connectivity index (χ3n) is 5.60. The maximum atomic E-state index is 11.9. The average molecular weight is 320 g/mol. The SMILES string of the molecule is CN1C(=O)C[C@H]2CCN(Cc3ccc(-c4ccccc4)cc3)C[C@H]21. The number of carbonyl (C=O) groups is 1. The molecular formula is C21H24N2O. The first kappa shape index (κ1) is 15.4. The quantitative estimate of drug-likeness (QED) is 0.865. The Morgan fingerprint density at radius 3 is 2.46 bits per heavy atom. The topological polar surface area (TPSA) is 23.6 Å². The molecule has 2 saturated heterocycles. The monoisotopic (exact) mass is 320 g/mol. The first-order chi connectivity index (χ1) is 11.7. The van der Waals surface area contributed by atoms with Crippen molar-refractivity contribution >= 4 is 5.91 Å². The molecular weight excluding hydrogens is 296 g/mol. The number of hydrogen-bond acceptors (Lipinski definition) is 2. The molecule has 2 atom stereocenters. The second kappa shape index (κ2) is 6.40. The normalized spacial score (nSPS) is 24.2. The van der Waals surface area contributed by atoms with Gasteiger partial charge in [0.05, 0.1) is 0 Å². The minimum absolute atomic E-state index is 0.319. The first-order valence-electron chi connectivity index (χ1n) is 8.83. The van der Waals surface area contributed by atoms with E-state index >= 15 is 0 Å². The zero-order valence-electron chi connectivity index (χ0n) is 14.2. The lowest BCUT2D eigenvalue weighted by Crippen LogP contribution is -2.47. The van der Waals surface area contributed by atoms with Crippen molar-refractivity contribution in [3.63, 3.8) is 0 Å². The van der Waals surface area contributed by atoms with E-state index in [1.165, 1.54) is 16.7 Å². The van der Waals surface area contributed by atoms with Crippen LogP contribution in [0.4, 0.5) is 0 Å². The van der Waals surface area contributed by atoms with Crippen LogP contribution in [0.5, 0.6) is 0 Å². The van der Waals surface area contributed by atoms with E-state index in [9.17, 15) is 4.79 Å². The highest BCUT2D eigenvalue weighted by Gasteiger charge is 2.40. The number of rotatable bonds is 3. The molecule has 4 rings (SSSR count). The molecule has 0 radical (unpaired) electrons. The average Bonchev–Trinajstić information content (AvgIpc) is 2.91. The highest BCUT2D eigenvalue weighted by molar-refractivity contribution is 5.79. The predicted molar refractivity (Wildman–Crippen MR) is 96.4 cm³/mol. The van der Waals surface area contributed by atoms with E-state index in [-0.39, 0.29) is 0 Å². The van der Waals surface area contributed by atoms with E-state index in [1.807, 2.05) is 18.0 Å². The summed E-state index contributed by atoms with van der Waals surface area (Å²) < 4.78 is 0. The summed E-state index contributed by atoms with van der Waals surface area (Å²) in [5, 5.41) is 0. The molecule has 2 fully saturated rings. The summed E-state index contributed by atoms with van der Waals surface area (Å²) in [5.41, 5.74) is 3.87. The molecule has 2 heterocycles. The minimum Gasteiger partial charge on any atom is -0.341 e. The summed E-state index contributed by atoms with van der Waals surface area (Å²) in [6, 6.07) is 19.8. The van der Waals surface area contributed by atoms with Crippen LogP contribution < -0.4 is 0 Å². The van der Waals surface area contributed by atoms with E-state index in [0.29, 0.717) is 17.9 Å². The lowest BCUT2D eigenvalue weighted by Gasteiger charge is -2.37. The van der Waals surface area contributed by atoms with Crippen LogP contribution in [0.3, 0.4) is 0 Å². The number of piperidine rings is 1. The first-order valence-corrected chi connectivity index (χ1v) is 8.83. The number of carbonyl (C=O) groups excluding carboxylic acids is 1. The van der Waals surface area contributed by atoms with Crippen LogP contribution in [0.25, 0.3) is 11.1 Å². The van der Waals surface area contributed by atoms with Crippen molar-refractivity contribution in [3.05, 3.63) is 60.2 Å². The third-order valence-corrected chi connectivity index (χ3v) is 5.60. The van der Waals surface area contributed by atoms with Crippen molar-refractivity contribution in [3.8, 4) is 11.1 Å². The largest absolute Gasteiger partial charge is 0.341 e. The van der Waals surface area contributed by atoms with Crippen molar-refractivity contribution in [2.75, 3.05) is 20.1 Å². The fourth-order valence-electron chi connectivity index (χ4n) is 4.11. The number of likely N-dealkylation sites (N-methyl/N-ethyl adjacent to an activating group) is 1. The van der Waals surface area contributed by atoms with Crippen LogP contribution in [0.2, 0.25) is 0 Å². The Balaban J connectivity index is 1.42. The van der Waals surface area contributed by atoms with Crippen molar-refractivity contribution in [2.45, 2.75) is 25.4 Å². The molecule has 0 aliphatic carbocycles. The molecule has 0 aromatic heterocycles. The molecule has 0 unspecified atom stereocenters.